The van der Waals surface area contributed by atoms with Gasteiger partial charge in [-0.1, -0.05) is 20.8 Å². The molecule has 1 rings (SSSR count). The number of anilines is 2. The Hall–Kier alpha value is -1.38. The molecule has 0 heterocycles. The summed E-state index contributed by atoms with van der Waals surface area (Å²) in [6.07, 6.45) is 0. The van der Waals surface area contributed by atoms with E-state index in [1.165, 1.54) is 0 Å². The van der Waals surface area contributed by atoms with Crippen molar-refractivity contribution in [3.05, 3.63) is 18.2 Å². The number of nitrogens with two attached hydrogens (primary N) is 1. The first kappa shape index (κ1) is 12.7. The quantitative estimate of drug-likeness (QED) is 0.772. The van der Waals surface area contributed by atoms with Gasteiger partial charge < -0.3 is 15.8 Å². The molecule has 0 spiro atoms. The minimum Gasteiger partial charge on any atom is -0.497 e. The molecule has 3 nitrogen and oxygen atoms in total. The van der Waals surface area contributed by atoms with Gasteiger partial charge in [-0.15, -0.1) is 0 Å². The maximum atomic E-state index is 5.80. The highest BCUT2D eigenvalue weighted by atomic mass is 16.5. The van der Waals surface area contributed by atoms with E-state index < -0.39 is 0 Å². The van der Waals surface area contributed by atoms with Crippen molar-refractivity contribution in [3.8, 4) is 5.75 Å². The monoisotopic (exact) mass is 222 g/mol. The summed E-state index contributed by atoms with van der Waals surface area (Å²) in [5.74, 6) is 0.781. The Kier molecular flexibility index (Phi) is 3.68. The van der Waals surface area contributed by atoms with E-state index >= 15 is 0 Å². The Morgan fingerprint density at radius 2 is 1.88 bits per heavy atom. The van der Waals surface area contributed by atoms with Gasteiger partial charge in [0.2, 0.25) is 0 Å². The molecule has 0 aliphatic heterocycles. The predicted molar refractivity (Wildman–Crippen MR) is 69.9 cm³/mol. The molecule has 1 unspecified atom stereocenters. The third kappa shape index (κ3) is 3.33. The zero-order valence-corrected chi connectivity index (χ0v) is 10.8. The van der Waals surface area contributed by atoms with Crippen molar-refractivity contribution in [1.82, 2.24) is 0 Å². The number of nitrogens with one attached hydrogen (secondary N) is 1. The number of methoxy groups -OCH3 is 1. The largest absolute Gasteiger partial charge is 0.497 e. The summed E-state index contributed by atoms with van der Waals surface area (Å²) in [4.78, 5) is 0. The molecule has 0 aromatic heterocycles. The number of rotatable bonds is 3. The van der Waals surface area contributed by atoms with Crippen molar-refractivity contribution >= 4 is 11.4 Å². The molecule has 16 heavy (non-hydrogen) atoms. The van der Waals surface area contributed by atoms with Gasteiger partial charge in [0.25, 0.3) is 0 Å². The molecule has 90 valence electrons. The second-order valence-electron chi connectivity index (χ2n) is 5.23. The minimum atomic E-state index is 0.206. The normalized spacial score (nSPS) is 13.3. The Balaban J connectivity index is 2.85. The first-order valence-electron chi connectivity index (χ1n) is 5.54. The van der Waals surface area contributed by atoms with Crippen LogP contribution in [0.2, 0.25) is 0 Å². The minimum absolute atomic E-state index is 0.206. The fraction of sp³-hybridized carbons (Fsp3) is 0.538. The highest BCUT2D eigenvalue weighted by Gasteiger charge is 2.19. The molecule has 0 bridgehead atoms. The van der Waals surface area contributed by atoms with Gasteiger partial charge in [0.05, 0.1) is 7.11 Å². The maximum Gasteiger partial charge on any atom is 0.122 e. The average molecular weight is 222 g/mol. The van der Waals surface area contributed by atoms with Crippen LogP contribution in [0.15, 0.2) is 18.2 Å². The maximum absolute atomic E-state index is 5.80. The lowest BCUT2D eigenvalue weighted by atomic mass is 9.88. The summed E-state index contributed by atoms with van der Waals surface area (Å²) in [6, 6.07) is 6.05. The zero-order valence-electron chi connectivity index (χ0n) is 10.8. The lowest BCUT2D eigenvalue weighted by molar-refractivity contribution is 0.359. The third-order valence-corrected chi connectivity index (χ3v) is 2.85. The Morgan fingerprint density at radius 3 is 2.38 bits per heavy atom. The lowest BCUT2D eigenvalue weighted by Gasteiger charge is -2.29. The summed E-state index contributed by atoms with van der Waals surface area (Å²) in [7, 11) is 1.64. The van der Waals surface area contributed by atoms with Crippen molar-refractivity contribution in [2.75, 3.05) is 18.2 Å². The summed E-state index contributed by atoms with van der Waals surface area (Å²) in [6.45, 7) is 8.77. The van der Waals surface area contributed by atoms with Crippen molar-refractivity contribution in [3.63, 3.8) is 0 Å². The Bertz CT molecular complexity index is 355. The summed E-state index contributed by atoms with van der Waals surface area (Å²) < 4.78 is 5.18. The van der Waals surface area contributed by atoms with E-state index in [1.54, 1.807) is 7.11 Å². The number of nitrogen functional groups attached to an aromatic ring is 1. The number of hydrogen-bond donors (Lipinski definition) is 2. The van der Waals surface area contributed by atoms with E-state index in [0.717, 1.165) is 11.4 Å². The van der Waals surface area contributed by atoms with E-state index in [-0.39, 0.29) is 5.41 Å². The molecule has 0 aliphatic carbocycles. The van der Waals surface area contributed by atoms with E-state index in [2.05, 4.69) is 33.0 Å². The number of benzene rings is 1. The van der Waals surface area contributed by atoms with Crippen LogP contribution in [0.25, 0.3) is 0 Å². The van der Waals surface area contributed by atoms with Gasteiger partial charge in [0.15, 0.2) is 0 Å². The van der Waals surface area contributed by atoms with Gasteiger partial charge in [-0.25, -0.2) is 0 Å². The molecule has 3 heteroatoms. The van der Waals surface area contributed by atoms with Crippen LogP contribution in [0.3, 0.4) is 0 Å². The van der Waals surface area contributed by atoms with Crippen LogP contribution in [0.4, 0.5) is 11.4 Å². The number of hydrogen-bond acceptors (Lipinski definition) is 3. The topological polar surface area (TPSA) is 47.3 Å². The highest BCUT2D eigenvalue weighted by molar-refractivity contribution is 5.59. The van der Waals surface area contributed by atoms with Crippen LogP contribution in [0, 0.1) is 5.41 Å². The van der Waals surface area contributed by atoms with Crippen LogP contribution in [-0.4, -0.2) is 13.2 Å². The molecule has 1 aromatic carbocycles. The van der Waals surface area contributed by atoms with E-state index in [0.29, 0.717) is 11.7 Å². The molecule has 0 saturated carbocycles. The fourth-order valence-electron chi connectivity index (χ4n) is 1.29. The van der Waals surface area contributed by atoms with Crippen molar-refractivity contribution < 1.29 is 4.74 Å². The molecule has 0 fully saturated rings. The Morgan fingerprint density at radius 1 is 1.25 bits per heavy atom. The van der Waals surface area contributed by atoms with Gasteiger partial charge in [0, 0.05) is 29.5 Å². The smallest absolute Gasteiger partial charge is 0.122 e. The highest BCUT2D eigenvalue weighted by Crippen LogP contribution is 2.26. The van der Waals surface area contributed by atoms with Crippen LogP contribution in [0.1, 0.15) is 27.7 Å². The van der Waals surface area contributed by atoms with Crippen molar-refractivity contribution in [1.29, 1.82) is 0 Å². The van der Waals surface area contributed by atoms with Crippen LogP contribution >= 0.6 is 0 Å². The van der Waals surface area contributed by atoms with Gasteiger partial charge in [-0.05, 0) is 18.4 Å². The summed E-state index contributed by atoms with van der Waals surface area (Å²) in [5, 5.41) is 3.44. The molecule has 0 aliphatic rings. The van der Waals surface area contributed by atoms with Crippen LogP contribution < -0.4 is 15.8 Å². The second-order valence-corrected chi connectivity index (χ2v) is 5.23. The SMILES string of the molecule is COc1cc(N)cc(NC(C)C(C)(C)C)c1. The number of ether oxygens (including phenoxy) is 1. The van der Waals surface area contributed by atoms with Crippen molar-refractivity contribution in [2.24, 2.45) is 5.41 Å². The van der Waals surface area contributed by atoms with Gasteiger partial charge in [-0.2, -0.15) is 0 Å². The first-order valence-corrected chi connectivity index (χ1v) is 5.54. The summed E-state index contributed by atoms with van der Waals surface area (Å²) in [5.41, 5.74) is 7.72. The Labute approximate surface area is 98.0 Å². The van der Waals surface area contributed by atoms with E-state index in [4.69, 9.17) is 10.5 Å². The molecule has 1 aromatic rings. The van der Waals surface area contributed by atoms with Crippen molar-refractivity contribution in [2.45, 2.75) is 33.7 Å². The lowest BCUT2D eigenvalue weighted by Crippen LogP contribution is -2.30. The molecular weight excluding hydrogens is 200 g/mol. The van der Waals surface area contributed by atoms with Crippen LogP contribution in [0.5, 0.6) is 5.75 Å². The molecule has 1 atom stereocenters. The molecule has 3 N–H and O–H groups in total. The van der Waals surface area contributed by atoms with Gasteiger partial charge in [0.1, 0.15) is 5.75 Å². The average Bonchev–Trinajstić information content (AvgIpc) is 2.15. The molecule has 0 amide bonds. The summed E-state index contributed by atoms with van der Waals surface area (Å²) >= 11 is 0. The van der Waals surface area contributed by atoms with Gasteiger partial charge in [-0.3, -0.25) is 0 Å². The first-order chi connectivity index (χ1) is 7.32. The van der Waals surface area contributed by atoms with E-state index in [1.807, 2.05) is 18.2 Å². The van der Waals surface area contributed by atoms with Gasteiger partial charge >= 0.3 is 0 Å². The zero-order chi connectivity index (χ0) is 12.3. The second kappa shape index (κ2) is 4.64. The molecular formula is C13H22N2O. The van der Waals surface area contributed by atoms with Crippen LogP contribution in [-0.2, 0) is 0 Å². The predicted octanol–water partition coefficient (Wildman–Crippen LogP) is 3.12. The third-order valence-electron chi connectivity index (χ3n) is 2.85. The standard InChI is InChI=1S/C13H22N2O/c1-9(13(2,3)4)15-11-6-10(14)7-12(8-11)16-5/h6-9,15H,14H2,1-5H3. The van der Waals surface area contributed by atoms with E-state index in [9.17, 15) is 0 Å². The molecule has 0 saturated heterocycles. The molecule has 0 radical (unpaired) electrons. The fourth-order valence-corrected chi connectivity index (χ4v) is 1.29.